The van der Waals surface area contributed by atoms with E-state index in [0.717, 1.165) is 42.6 Å². The summed E-state index contributed by atoms with van der Waals surface area (Å²) < 4.78 is 0. The molecule has 2 amide bonds. The molecule has 1 saturated heterocycles. The minimum Gasteiger partial charge on any atom is -0.507 e. The highest BCUT2D eigenvalue weighted by atomic mass is 16.3. The van der Waals surface area contributed by atoms with Crippen LogP contribution in [-0.4, -0.2) is 34.9 Å². The summed E-state index contributed by atoms with van der Waals surface area (Å²) in [4.78, 5) is 27.2. The Bertz CT molecular complexity index is 1070. The molecule has 31 heavy (non-hydrogen) atoms. The van der Waals surface area contributed by atoms with Gasteiger partial charge in [0.15, 0.2) is 0 Å². The average Bonchev–Trinajstić information content (AvgIpc) is 3.34. The number of nitrogens with one attached hydrogen (secondary N) is 1. The quantitative estimate of drug-likeness (QED) is 0.637. The maximum atomic E-state index is 12.7. The minimum absolute atomic E-state index is 0.0388. The molecule has 5 nitrogen and oxygen atoms in total. The zero-order chi connectivity index (χ0) is 21.6. The Hall–Kier alpha value is -3.60. The van der Waals surface area contributed by atoms with Gasteiger partial charge in [0.2, 0.25) is 0 Å². The lowest BCUT2D eigenvalue weighted by molar-refractivity contribution is 0.0792. The molecule has 0 spiro atoms. The molecule has 1 aliphatic rings. The van der Waals surface area contributed by atoms with Gasteiger partial charge in [0.05, 0.1) is 5.56 Å². The molecule has 0 saturated carbocycles. The number of phenolic OH excluding ortho intramolecular Hbond substituents is 1. The number of carbonyl (C=O) groups excluding carboxylic acids is 2. The summed E-state index contributed by atoms with van der Waals surface area (Å²) in [5, 5.41) is 13.1. The molecule has 0 atom stereocenters. The van der Waals surface area contributed by atoms with E-state index in [1.165, 1.54) is 0 Å². The molecule has 0 radical (unpaired) electrons. The lowest BCUT2D eigenvalue weighted by Gasteiger charge is -2.16. The molecule has 3 aromatic rings. The van der Waals surface area contributed by atoms with Crippen LogP contribution in [0.15, 0.2) is 72.8 Å². The van der Waals surface area contributed by atoms with Crippen LogP contribution in [-0.2, 0) is 13.0 Å². The number of benzene rings is 3. The van der Waals surface area contributed by atoms with Gasteiger partial charge in [-0.1, -0.05) is 48.5 Å². The van der Waals surface area contributed by atoms with E-state index in [1.807, 2.05) is 65.6 Å². The molecule has 158 valence electrons. The predicted molar refractivity (Wildman–Crippen MR) is 120 cm³/mol. The zero-order valence-corrected chi connectivity index (χ0v) is 17.4. The largest absolute Gasteiger partial charge is 0.507 e. The van der Waals surface area contributed by atoms with Gasteiger partial charge in [-0.3, -0.25) is 9.59 Å². The van der Waals surface area contributed by atoms with E-state index in [1.54, 1.807) is 12.1 Å². The normalized spacial score (nSPS) is 13.2. The van der Waals surface area contributed by atoms with Crippen molar-refractivity contribution in [3.63, 3.8) is 0 Å². The van der Waals surface area contributed by atoms with Gasteiger partial charge in [0, 0.05) is 25.2 Å². The average molecular weight is 415 g/mol. The Morgan fingerprint density at radius 3 is 2.35 bits per heavy atom. The van der Waals surface area contributed by atoms with Crippen molar-refractivity contribution in [2.75, 3.05) is 13.1 Å². The van der Waals surface area contributed by atoms with Crippen molar-refractivity contribution >= 4 is 11.8 Å². The summed E-state index contributed by atoms with van der Waals surface area (Å²) in [6, 6.07) is 22.4. The molecule has 1 heterocycles. The van der Waals surface area contributed by atoms with Crippen LogP contribution in [0.25, 0.3) is 0 Å². The molecule has 0 aromatic heterocycles. The van der Waals surface area contributed by atoms with Gasteiger partial charge >= 0.3 is 0 Å². The van der Waals surface area contributed by atoms with Crippen LogP contribution in [0.4, 0.5) is 0 Å². The second-order valence-corrected chi connectivity index (χ2v) is 7.90. The van der Waals surface area contributed by atoms with Crippen LogP contribution in [0.3, 0.4) is 0 Å². The van der Waals surface area contributed by atoms with Crippen LogP contribution in [0.2, 0.25) is 0 Å². The number of hydrogen-bond donors (Lipinski definition) is 2. The lowest BCUT2D eigenvalue weighted by atomic mass is 10.0. The lowest BCUT2D eigenvalue weighted by Crippen LogP contribution is -2.28. The first-order valence-electron chi connectivity index (χ1n) is 10.6. The summed E-state index contributed by atoms with van der Waals surface area (Å²) in [5.41, 5.74) is 3.82. The highest BCUT2D eigenvalue weighted by Gasteiger charge is 2.19. The van der Waals surface area contributed by atoms with Gasteiger partial charge in [-0.15, -0.1) is 0 Å². The van der Waals surface area contributed by atoms with Crippen molar-refractivity contribution in [2.45, 2.75) is 25.8 Å². The highest BCUT2D eigenvalue weighted by molar-refractivity contribution is 5.97. The van der Waals surface area contributed by atoms with Gasteiger partial charge in [-0.2, -0.15) is 0 Å². The van der Waals surface area contributed by atoms with Crippen molar-refractivity contribution in [1.82, 2.24) is 10.2 Å². The van der Waals surface area contributed by atoms with Crippen LogP contribution >= 0.6 is 0 Å². The second kappa shape index (κ2) is 9.47. The van der Waals surface area contributed by atoms with Gasteiger partial charge < -0.3 is 15.3 Å². The number of carbonyl (C=O) groups is 2. The van der Waals surface area contributed by atoms with Gasteiger partial charge in [0.1, 0.15) is 5.75 Å². The molecule has 0 unspecified atom stereocenters. The third kappa shape index (κ3) is 5.12. The minimum atomic E-state index is -0.344. The number of amides is 2. The SMILES string of the molecule is O=C(NCc1cccc(C(=O)N2CCCC2)c1)c1cc(Cc2ccccc2)ccc1O. The van der Waals surface area contributed by atoms with E-state index in [4.69, 9.17) is 0 Å². The van der Waals surface area contributed by atoms with Crippen molar-refractivity contribution < 1.29 is 14.7 Å². The molecule has 2 N–H and O–H groups in total. The van der Waals surface area contributed by atoms with Gasteiger partial charge in [-0.05, 0) is 60.2 Å². The number of hydrogen-bond acceptors (Lipinski definition) is 3. The molecule has 5 heteroatoms. The Morgan fingerprint density at radius 2 is 1.58 bits per heavy atom. The van der Waals surface area contributed by atoms with Crippen LogP contribution in [0.1, 0.15) is 50.2 Å². The van der Waals surface area contributed by atoms with Crippen LogP contribution in [0.5, 0.6) is 5.75 Å². The van der Waals surface area contributed by atoms with Crippen LogP contribution in [0, 0.1) is 0 Å². The van der Waals surface area contributed by atoms with E-state index in [9.17, 15) is 14.7 Å². The monoisotopic (exact) mass is 414 g/mol. The summed E-state index contributed by atoms with van der Waals surface area (Å²) in [6.07, 6.45) is 2.78. The van der Waals surface area contributed by atoms with E-state index >= 15 is 0 Å². The second-order valence-electron chi connectivity index (χ2n) is 7.90. The number of phenols is 1. The molecule has 1 fully saturated rings. The fourth-order valence-electron chi connectivity index (χ4n) is 3.90. The Kier molecular flexibility index (Phi) is 6.32. The van der Waals surface area contributed by atoms with Crippen molar-refractivity contribution in [3.05, 3.63) is 101 Å². The number of aromatic hydroxyl groups is 1. The zero-order valence-electron chi connectivity index (χ0n) is 17.4. The third-order valence-corrected chi connectivity index (χ3v) is 5.58. The molecule has 3 aromatic carbocycles. The molecule has 0 aliphatic carbocycles. The van der Waals surface area contributed by atoms with Crippen molar-refractivity contribution in [1.29, 1.82) is 0 Å². The fraction of sp³-hybridized carbons (Fsp3) is 0.231. The van der Waals surface area contributed by atoms with Gasteiger partial charge in [0.25, 0.3) is 11.8 Å². The van der Waals surface area contributed by atoms with E-state index < -0.39 is 0 Å². The number of likely N-dealkylation sites (tertiary alicyclic amines) is 1. The number of nitrogens with zero attached hydrogens (tertiary/aromatic N) is 1. The maximum Gasteiger partial charge on any atom is 0.255 e. The summed E-state index contributed by atoms with van der Waals surface area (Å²) in [5.74, 6) is -0.354. The van der Waals surface area contributed by atoms with Crippen LogP contribution < -0.4 is 5.32 Å². The first kappa shape index (κ1) is 20.7. The van der Waals surface area contributed by atoms with E-state index in [-0.39, 0.29) is 29.7 Å². The van der Waals surface area contributed by atoms with Gasteiger partial charge in [-0.25, -0.2) is 0 Å². The molecule has 0 bridgehead atoms. The highest BCUT2D eigenvalue weighted by Crippen LogP contribution is 2.21. The topological polar surface area (TPSA) is 69.6 Å². The molecular weight excluding hydrogens is 388 g/mol. The Morgan fingerprint density at radius 1 is 0.839 bits per heavy atom. The third-order valence-electron chi connectivity index (χ3n) is 5.58. The number of rotatable bonds is 6. The molecule has 1 aliphatic heterocycles. The first-order valence-corrected chi connectivity index (χ1v) is 10.6. The molecular formula is C26H26N2O3. The summed E-state index contributed by atoms with van der Waals surface area (Å²) in [7, 11) is 0. The fourth-order valence-corrected chi connectivity index (χ4v) is 3.90. The maximum absolute atomic E-state index is 12.7. The predicted octanol–water partition coefficient (Wildman–Crippen LogP) is 4.15. The standard InChI is InChI=1S/C26H26N2O3/c29-24-12-11-20(15-19-7-2-1-3-8-19)17-23(24)25(30)27-18-21-9-6-10-22(16-21)26(31)28-13-4-5-14-28/h1-3,6-12,16-17,29H,4-5,13-15,18H2,(H,27,30). The Balaban J connectivity index is 1.42. The molecule has 4 rings (SSSR count). The smallest absolute Gasteiger partial charge is 0.255 e. The summed E-state index contributed by atoms with van der Waals surface area (Å²) in [6.45, 7) is 1.89. The first-order chi connectivity index (χ1) is 15.1. The summed E-state index contributed by atoms with van der Waals surface area (Å²) >= 11 is 0. The van der Waals surface area contributed by atoms with Crippen molar-refractivity contribution in [2.24, 2.45) is 0 Å². The Labute approximate surface area is 182 Å². The van der Waals surface area contributed by atoms with Crippen molar-refractivity contribution in [3.8, 4) is 5.75 Å². The van der Waals surface area contributed by atoms with E-state index in [2.05, 4.69) is 5.32 Å². The van der Waals surface area contributed by atoms with E-state index in [0.29, 0.717) is 12.0 Å².